The smallest absolute Gasteiger partial charge is 0.323 e. The summed E-state index contributed by atoms with van der Waals surface area (Å²) in [4.78, 5) is 12.0. The molecule has 3 atom stereocenters. The maximum atomic E-state index is 12.0. The van der Waals surface area contributed by atoms with Gasteiger partial charge in [-0.05, 0) is 52.4 Å². The molecule has 0 spiro atoms. The van der Waals surface area contributed by atoms with Crippen LogP contribution in [0.3, 0.4) is 0 Å². The summed E-state index contributed by atoms with van der Waals surface area (Å²) in [6.07, 6.45) is 5.04. The van der Waals surface area contributed by atoms with Crippen LogP contribution in [0, 0.1) is 11.8 Å². The van der Waals surface area contributed by atoms with Crippen molar-refractivity contribution in [3.05, 3.63) is 0 Å². The molecule has 1 saturated carbocycles. The lowest BCUT2D eigenvalue weighted by atomic mass is 9.77. The van der Waals surface area contributed by atoms with Crippen LogP contribution in [0.5, 0.6) is 0 Å². The summed E-state index contributed by atoms with van der Waals surface area (Å²) in [7, 11) is 0. The van der Waals surface area contributed by atoms with Crippen molar-refractivity contribution in [1.29, 1.82) is 0 Å². The normalized spacial score (nSPS) is 26.3. The quantitative estimate of drug-likeness (QED) is 0.794. The molecule has 1 N–H and O–H groups in total. The first-order valence-corrected chi connectivity index (χ1v) is 7.69. The number of carbonyl (C=O) groups excluding carboxylic acids is 1. The maximum Gasteiger partial charge on any atom is 0.323 e. The molecule has 0 aromatic rings. The molecule has 1 rings (SSSR count). The van der Waals surface area contributed by atoms with Crippen molar-refractivity contribution < 1.29 is 9.53 Å². The van der Waals surface area contributed by atoms with E-state index in [4.69, 9.17) is 4.74 Å². The third-order valence-electron chi connectivity index (χ3n) is 3.90. The summed E-state index contributed by atoms with van der Waals surface area (Å²) in [5, 5.41) is 3.50. The van der Waals surface area contributed by atoms with Gasteiger partial charge in [-0.15, -0.1) is 0 Å². The highest BCUT2D eigenvalue weighted by molar-refractivity contribution is 5.75. The molecule has 3 unspecified atom stereocenters. The molecular formula is C16H31NO2. The van der Waals surface area contributed by atoms with Gasteiger partial charge in [0.1, 0.15) is 11.6 Å². The van der Waals surface area contributed by atoms with Crippen molar-refractivity contribution in [2.75, 3.05) is 0 Å². The van der Waals surface area contributed by atoms with Crippen LogP contribution in [0.1, 0.15) is 67.2 Å². The van der Waals surface area contributed by atoms with Crippen molar-refractivity contribution >= 4 is 5.97 Å². The van der Waals surface area contributed by atoms with Crippen LogP contribution in [0.4, 0.5) is 0 Å². The lowest BCUT2D eigenvalue weighted by Gasteiger charge is -2.36. The van der Waals surface area contributed by atoms with Crippen molar-refractivity contribution in [1.82, 2.24) is 5.32 Å². The molecule has 0 saturated heterocycles. The largest absolute Gasteiger partial charge is 0.459 e. The first-order valence-electron chi connectivity index (χ1n) is 7.69. The summed E-state index contributed by atoms with van der Waals surface area (Å²) >= 11 is 0. The summed E-state index contributed by atoms with van der Waals surface area (Å²) in [5.41, 5.74) is -0.406. The van der Waals surface area contributed by atoms with Crippen LogP contribution in [-0.4, -0.2) is 23.7 Å². The second kappa shape index (κ2) is 6.74. The minimum atomic E-state index is -0.406. The molecule has 19 heavy (non-hydrogen) atoms. The summed E-state index contributed by atoms with van der Waals surface area (Å²) < 4.78 is 5.44. The van der Waals surface area contributed by atoms with Crippen molar-refractivity contribution in [2.45, 2.75) is 84.9 Å². The van der Waals surface area contributed by atoms with Gasteiger partial charge in [-0.2, -0.15) is 0 Å². The van der Waals surface area contributed by atoms with Gasteiger partial charge >= 0.3 is 5.97 Å². The minimum absolute atomic E-state index is 0.138. The van der Waals surface area contributed by atoms with Gasteiger partial charge in [-0.3, -0.25) is 4.79 Å². The third kappa shape index (κ3) is 5.52. The summed E-state index contributed by atoms with van der Waals surface area (Å²) in [6.45, 7) is 12.2. The van der Waals surface area contributed by atoms with Gasteiger partial charge in [-0.25, -0.2) is 0 Å². The Morgan fingerprint density at radius 3 is 2.26 bits per heavy atom. The van der Waals surface area contributed by atoms with Crippen LogP contribution >= 0.6 is 0 Å². The highest BCUT2D eigenvalue weighted by atomic mass is 16.6. The number of hydrogen-bond donors (Lipinski definition) is 1. The van der Waals surface area contributed by atoms with E-state index in [1.807, 2.05) is 27.7 Å². The number of rotatable bonds is 4. The lowest BCUT2D eigenvalue weighted by Crippen LogP contribution is -2.49. The van der Waals surface area contributed by atoms with E-state index in [0.717, 1.165) is 0 Å². The number of esters is 1. The highest BCUT2D eigenvalue weighted by Gasteiger charge is 2.31. The maximum absolute atomic E-state index is 12.0. The fourth-order valence-electron chi connectivity index (χ4n) is 2.94. The Kier molecular flexibility index (Phi) is 5.84. The van der Waals surface area contributed by atoms with E-state index < -0.39 is 5.60 Å². The zero-order valence-electron chi connectivity index (χ0n) is 13.5. The zero-order chi connectivity index (χ0) is 14.6. The molecule has 0 aromatic heterocycles. The molecule has 1 aliphatic carbocycles. The lowest BCUT2D eigenvalue weighted by molar-refractivity contribution is -0.157. The van der Waals surface area contributed by atoms with Crippen molar-refractivity contribution in [3.63, 3.8) is 0 Å². The van der Waals surface area contributed by atoms with Gasteiger partial charge in [0, 0.05) is 6.04 Å². The van der Waals surface area contributed by atoms with Gasteiger partial charge in [0.25, 0.3) is 0 Å². The summed E-state index contributed by atoms with van der Waals surface area (Å²) in [5.74, 6) is 1.21. The predicted octanol–water partition coefficient (Wildman–Crippen LogP) is 3.52. The molecular weight excluding hydrogens is 238 g/mol. The van der Waals surface area contributed by atoms with Gasteiger partial charge in [0.2, 0.25) is 0 Å². The zero-order valence-corrected chi connectivity index (χ0v) is 13.5. The van der Waals surface area contributed by atoms with Crippen LogP contribution in [-0.2, 0) is 9.53 Å². The number of nitrogens with one attached hydrogen (secondary N) is 1. The number of carbonyl (C=O) groups is 1. The molecule has 0 bridgehead atoms. The van der Waals surface area contributed by atoms with Crippen LogP contribution in [0.15, 0.2) is 0 Å². The molecule has 0 aromatic carbocycles. The first kappa shape index (κ1) is 16.5. The van der Waals surface area contributed by atoms with Crippen LogP contribution in [0.25, 0.3) is 0 Å². The van der Waals surface area contributed by atoms with Crippen molar-refractivity contribution in [2.24, 2.45) is 11.8 Å². The number of hydrogen-bond acceptors (Lipinski definition) is 3. The fourth-order valence-corrected chi connectivity index (χ4v) is 2.94. The Morgan fingerprint density at radius 1 is 1.16 bits per heavy atom. The van der Waals surface area contributed by atoms with Gasteiger partial charge in [0.15, 0.2) is 0 Å². The van der Waals surface area contributed by atoms with Crippen LogP contribution < -0.4 is 5.32 Å². The Balaban J connectivity index is 2.54. The van der Waals surface area contributed by atoms with E-state index in [0.29, 0.717) is 17.9 Å². The molecule has 1 aliphatic rings. The first-order chi connectivity index (χ1) is 8.70. The topological polar surface area (TPSA) is 38.3 Å². The monoisotopic (exact) mass is 269 g/mol. The van der Waals surface area contributed by atoms with E-state index in [1.54, 1.807) is 0 Å². The fraction of sp³-hybridized carbons (Fsp3) is 0.938. The molecule has 3 heteroatoms. The van der Waals surface area contributed by atoms with Gasteiger partial charge in [-0.1, -0.05) is 26.7 Å². The standard InChI is InChI=1S/C16H31NO2/c1-11(2)13-9-7-8-10-14(13)17-12(3)15(18)19-16(4,5)6/h11-14,17H,7-10H2,1-6H3. The molecule has 0 radical (unpaired) electrons. The van der Waals surface area contributed by atoms with E-state index in [2.05, 4.69) is 19.2 Å². The number of ether oxygens (including phenoxy) is 1. The minimum Gasteiger partial charge on any atom is -0.459 e. The predicted molar refractivity (Wildman–Crippen MR) is 79.0 cm³/mol. The average molecular weight is 269 g/mol. The summed E-state index contributed by atoms with van der Waals surface area (Å²) in [6, 6.07) is 0.236. The molecule has 0 amide bonds. The average Bonchev–Trinajstić information content (AvgIpc) is 2.27. The van der Waals surface area contributed by atoms with Crippen molar-refractivity contribution in [3.8, 4) is 0 Å². The van der Waals surface area contributed by atoms with E-state index >= 15 is 0 Å². The molecule has 0 heterocycles. The third-order valence-corrected chi connectivity index (χ3v) is 3.90. The highest BCUT2D eigenvalue weighted by Crippen LogP contribution is 2.30. The Bertz CT molecular complexity index is 294. The van der Waals surface area contributed by atoms with E-state index in [1.165, 1.54) is 25.7 Å². The van der Waals surface area contributed by atoms with Gasteiger partial charge < -0.3 is 10.1 Å². The second-order valence-corrected chi connectivity index (χ2v) is 7.22. The Labute approximate surface area is 118 Å². The SMILES string of the molecule is CC(NC1CCCCC1C(C)C)C(=O)OC(C)(C)C. The molecule has 0 aliphatic heterocycles. The van der Waals surface area contributed by atoms with Crippen LogP contribution in [0.2, 0.25) is 0 Å². The molecule has 1 fully saturated rings. The Morgan fingerprint density at radius 2 is 1.74 bits per heavy atom. The van der Waals surface area contributed by atoms with Gasteiger partial charge in [0.05, 0.1) is 0 Å². The second-order valence-electron chi connectivity index (χ2n) is 7.22. The van der Waals surface area contributed by atoms with E-state index in [9.17, 15) is 4.79 Å². The Hall–Kier alpha value is -0.570. The van der Waals surface area contributed by atoms with E-state index in [-0.39, 0.29) is 12.0 Å². The molecule has 112 valence electrons. The molecule has 3 nitrogen and oxygen atoms in total.